The lowest BCUT2D eigenvalue weighted by atomic mass is 9.87. The molecule has 5 heteroatoms. The fourth-order valence-electron chi connectivity index (χ4n) is 1.67. The highest BCUT2D eigenvalue weighted by Gasteiger charge is 2.32. The number of carbonyl (C=O) groups excluding carboxylic acids is 1. The van der Waals surface area contributed by atoms with E-state index >= 15 is 0 Å². The molecule has 4 N–H and O–H groups in total. The second-order valence-electron chi connectivity index (χ2n) is 5.33. The van der Waals surface area contributed by atoms with Gasteiger partial charge in [-0.05, 0) is 25.8 Å². The SMILES string of the molecule is CCC(C)(CNC(=O)C(N)c1ccc(C)cc1)C(=O)O. The van der Waals surface area contributed by atoms with Gasteiger partial charge in [0.15, 0.2) is 0 Å². The van der Waals surface area contributed by atoms with Crippen molar-refractivity contribution in [2.24, 2.45) is 11.1 Å². The maximum absolute atomic E-state index is 12.0. The molecule has 0 heterocycles. The first-order valence-electron chi connectivity index (χ1n) is 6.63. The van der Waals surface area contributed by atoms with Crippen molar-refractivity contribution >= 4 is 11.9 Å². The van der Waals surface area contributed by atoms with E-state index < -0.39 is 17.4 Å². The van der Waals surface area contributed by atoms with E-state index in [9.17, 15) is 9.59 Å². The van der Waals surface area contributed by atoms with Crippen molar-refractivity contribution in [3.05, 3.63) is 35.4 Å². The van der Waals surface area contributed by atoms with Gasteiger partial charge in [-0.1, -0.05) is 36.8 Å². The van der Waals surface area contributed by atoms with Gasteiger partial charge in [-0.3, -0.25) is 9.59 Å². The number of nitrogens with two attached hydrogens (primary N) is 1. The lowest BCUT2D eigenvalue weighted by Gasteiger charge is -2.24. The molecule has 20 heavy (non-hydrogen) atoms. The molecule has 1 amide bonds. The van der Waals surface area contributed by atoms with Crippen molar-refractivity contribution in [3.63, 3.8) is 0 Å². The minimum absolute atomic E-state index is 0.0667. The van der Waals surface area contributed by atoms with Gasteiger partial charge < -0.3 is 16.2 Å². The van der Waals surface area contributed by atoms with Gasteiger partial charge in [0.25, 0.3) is 0 Å². The number of benzene rings is 1. The van der Waals surface area contributed by atoms with Crippen molar-refractivity contribution in [2.45, 2.75) is 33.2 Å². The standard InChI is InChI=1S/C15H22N2O3/c1-4-15(3,14(19)20)9-17-13(18)12(16)11-7-5-10(2)6-8-11/h5-8,12H,4,9,16H2,1-3H3,(H,17,18)(H,19,20). The van der Waals surface area contributed by atoms with Crippen LogP contribution in [0.25, 0.3) is 0 Å². The van der Waals surface area contributed by atoms with E-state index in [-0.39, 0.29) is 12.5 Å². The van der Waals surface area contributed by atoms with Crippen LogP contribution in [0, 0.1) is 12.3 Å². The number of amides is 1. The molecule has 0 saturated heterocycles. The number of aliphatic carboxylic acids is 1. The first-order chi connectivity index (χ1) is 9.30. The van der Waals surface area contributed by atoms with Gasteiger partial charge in [-0.25, -0.2) is 0 Å². The summed E-state index contributed by atoms with van der Waals surface area (Å²) in [4.78, 5) is 23.1. The van der Waals surface area contributed by atoms with Crippen LogP contribution in [0.1, 0.15) is 37.4 Å². The van der Waals surface area contributed by atoms with Crippen molar-refractivity contribution in [3.8, 4) is 0 Å². The lowest BCUT2D eigenvalue weighted by molar-refractivity contribution is -0.148. The molecule has 1 rings (SSSR count). The summed E-state index contributed by atoms with van der Waals surface area (Å²) >= 11 is 0. The summed E-state index contributed by atoms with van der Waals surface area (Å²) in [6, 6.07) is 6.59. The maximum atomic E-state index is 12.0. The summed E-state index contributed by atoms with van der Waals surface area (Å²) in [6.45, 7) is 5.40. The highest BCUT2D eigenvalue weighted by molar-refractivity contribution is 5.84. The van der Waals surface area contributed by atoms with Crippen molar-refractivity contribution in [2.75, 3.05) is 6.54 Å². The summed E-state index contributed by atoms with van der Waals surface area (Å²) in [5.41, 5.74) is 6.70. The van der Waals surface area contributed by atoms with Gasteiger partial charge >= 0.3 is 5.97 Å². The molecular weight excluding hydrogens is 256 g/mol. The molecule has 0 radical (unpaired) electrons. The van der Waals surface area contributed by atoms with Crippen LogP contribution in [0.4, 0.5) is 0 Å². The molecule has 110 valence electrons. The van der Waals surface area contributed by atoms with E-state index in [4.69, 9.17) is 10.8 Å². The second kappa shape index (κ2) is 6.52. The molecule has 0 saturated carbocycles. The van der Waals surface area contributed by atoms with Crippen LogP contribution in [0.2, 0.25) is 0 Å². The van der Waals surface area contributed by atoms with Crippen LogP contribution in [0.3, 0.4) is 0 Å². The Morgan fingerprint density at radius 1 is 1.35 bits per heavy atom. The maximum Gasteiger partial charge on any atom is 0.311 e. The highest BCUT2D eigenvalue weighted by Crippen LogP contribution is 2.20. The number of nitrogens with one attached hydrogen (secondary N) is 1. The molecule has 1 aromatic rings. The summed E-state index contributed by atoms with van der Waals surface area (Å²) in [5, 5.41) is 11.8. The first-order valence-corrected chi connectivity index (χ1v) is 6.63. The minimum atomic E-state index is -0.970. The number of hydrogen-bond acceptors (Lipinski definition) is 3. The molecular formula is C15H22N2O3. The molecule has 0 fully saturated rings. The zero-order valence-corrected chi connectivity index (χ0v) is 12.1. The van der Waals surface area contributed by atoms with Gasteiger partial charge in [0, 0.05) is 6.54 Å². The molecule has 0 spiro atoms. The molecule has 0 aromatic heterocycles. The number of aryl methyl sites for hydroxylation is 1. The van der Waals surface area contributed by atoms with Crippen molar-refractivity contribution in [1.29, 1.82) is 0 Å². The van der Waals surface area contributed by atoms with E-state index in [1.54, 1.807) is 26.0 Å². The Morgan fingerprint density at radius 3 is 2.35 bits per heavy atom. The smallest absolute Gasteiger partial charge is 0.311 e. The highest BCUT2D eigenvalue weighted by atomic mass is 16.4. The van der Waals surface area contributed by atoms with E-state index in [1.807, 2.05) is 19.1 Å². The summed E-state index contributed by atoms with van der Waals surface area (Å²) < 4.78 is 0. The van der Waals surface area contributed by atoms with Crippen LogP contribution in [-0.4, -0.2) is 23.5 Å². The van der Waals surface area contributed by atoms with Gasteiger partial charge in [0.2, 0.25) is 5.91 Å². The predicted octanol–water partition coefficient (Wildman–Crippen LogP) is 1.61. The van der Waals surface area contributed by atoms with Crippen molar-refractivity contribution in [1.82, 2.24) is 5.32 Å². The lowest BCUT2D eigenvalue weighted by Crippen LogP contribution is -2.43. The van der Waals surface area contributed by atoms with E-state index in [2.05, 4.69) is 5.32 Å². The summed E-state index contributed by atoms with van der Waals surface area (Å²) in [5.74, 6) is -1.29. The van der Waals surface area contributed by atoms with Gasteiger partial charge in [-0.15, -0.1) is 0 Å². The Hall–Kier alpha value is -1.88. The van der Waals surface area contributed by atoms with Crippen LogP contribution in [0.5, 0.6) is 0 Å². The average molecular weight is 278 g/mol. The average Bonchev–Trinajstić information content (AvgIpc) is 2.44. The number of hydrogen-bond donors (Lipinski definition) is 3. The Labute approximate surface area is 119 Å². The fraction of sp³-hybridized carbons (Fsp3) is 0.467. The van der Waals surface area contributed by atoms with Crippen LogP contribution in [0.15, 0.2) is 24.3 Å². The molecule has 2 atom stereocenters. The Morgan fingerprint density at radius 2 is 1.90 bits per heavy atom. The monoisotopic (exact) mass is 278 g/mol. The predicted molar refractivity (Wildman–Crippen MR) is 77.2 cm³/mol. The number of carbonyl (C=O) groups is 2. The third-order valence-corrected chi connectivity index (χ3v) is 3.67. The quantitative estimate of drug-likeness (QED) is 0.737. The largest absolute Gasteiger partial charge is 0.481 e. The van der Waals surface area contributed by atoms with Gasteiger partial charge in [0.1, 0.15) is 6.04 Å². The minimum Gasteiger partial charge on any atom is -0.481 e. The van der Waals surface area contributed by atoms with E-state index in [1.165, 1.54) is 0 Å². The van der Waals surface area contributed by atoms with E-state index in [0.29, 0.717) is 12.0 Å². The second-order valence-corrected chi connectivity index (χ2v) is 5.33. The topological polar surface area (TPSA) is 92.4 Å². The molecule has 5 nitrogen and oxygen atoms in total. The third kappa shape index (κ3) is 3.81. The molecule has 2 unspecified atom stereocenters. The third-order valence-electron chi connectivity index (χ3n) is 3.67. The fourth-order valence-corrected chi connectivity index (χ4v) is 1.67. The van der Waals surface area contributed by atoms with Crippen LogP contribution >= 0.6 is 0 Å². The molecule has 0 bridgehead atoms. The Kier molecular flexibility index (Phi) is 5.27. The Balaban J connectivity index is 2.67. The number of rotatable bonds is 6. The number of carboxylic acid groups (broad SMARTS) is 1. The molecule has 1 aromatic carbocycles. The zero-order chi connectivity index (χ0) is 15.3. The van der Waals surface area contributed by atoms with Gasteiger partial charge in [0.05, 0.1) is 5.41 Å². The van der Waals surface area contributed by atoms with Crippen molar-refractivity contribution < 1.29 is 14.7 Å². The molecule has 0 aliphatic rings. The molecule has 0 aliphatic carbocycles. The zero-order valence-electron chi connectivity index (χ0n) is 12.1. The van der Waals surface area contributed by atoms with E-state index in [0.717, 1.165) is 5.56 Å². The normalized spacial score (nSPS) is 15.2. The number of carboxylic acids is 1. The summed E-state index contributed by atoms with van der Waals surface area (Å²) in [7, 11) is 0. The molecule has 0 aliphatic heterocycles. The first kappa shape index (κ1) is 16.2. The van der Waals surface area contributed by atoms with Gasteiger partial charge in [-0.2, -0.15) is 0 Å². The van der Waals surface area contributed by atoms with Crippen LogP contribution in [-0.2, 0) is 9.59 Å². The summed E-state index contributed by atoms with van der Waals surface area (Å²) in [6.07, 6.45) is 0.433. The van der Waals surface area contributed by atoms with Crippen LogP contribution < -0.4 is 11.1 Å². The Bertz CT molecular complexity index is 484.